The molecule has 1 aliphatic carbocycles. The summed E-state index contributed by atoms with van der Waals surface area (Å²) in [4.78, 5) is 24.1. The lowest BCUT2D eigenvalue weighted by Crippen LogP contribution is -2.19. The number of anilines is 2. The minimum Gasteiger partial charge on any atom is -0.462 e. The first kappa shape index (κ1) is 14.8. The van der Waals surface area contributed by atoms with Crippen molar-refractivity contribution in [2.45, 2.75) is 39.7 Å². The van der Waals surface area contributed by atoms with Crippen LogP contribution in [0.4, 0.5) is 10.7 Å². The van der Waals surface area contributed by atoms with Gasteiger partial charge in [0.05, 0.1) is 17.2 Å². The molecule has 1 unspecified atom stereocenters. The van der Waals surface area contributed by atoms with Crippen molar-refractivity contribution < 1.29 is 14.3 Å². The van der Waals surface area contributed by atoms with Crippen LogP contribution in [0.1, 0.15) is 53.6 Å². The first-order valence-electron chi connectivity index (χ1n) is 6.82. The van der Waals surface area contributed by atoms with E-state index in [1.807, 2.05) is 0 Å². The molecule has 0 bridgehead atoms. The number of rotatable bonds is 6. The molecule has 110 valence electrons. The molecule has 0 aromatic carbocycles. The highest BCUT2D eigenvalue weighted by molar-refractivity contribution is 7.19. The third-order valence-corrected chi connectivity index (χ3v) is 4.67. The normalized spacial score (nSPS) is 15.8. The highest BCUT2D eigenvalue weighted by Crippen LogP contribution is 2.40. The molecule has 0 saturated heterocycles. The first-order chi connectivity index (χ1) is 9.45. The molecule has 0 aliphatic heterocycles. The Kier molecular flexibility index (Phi) is 4.32. The topological polar surface area (TPSA) is 81.4 Å². The quantitative estimate of drug-likeness (QED) is 0.623. The SMILES string of the molecule is CCOC(=O)c1c(NC(C)C2CC2)sc(C(C)=O)c1N. The molecular formula is C14H20N2O3S. The molecule has 20 heavy (non-hydrogen) atoms. The zero-order valence-corrected chi connectivity index (χ0v) is 12.8. The molecule has 0 spiro atoms. The van der Waals surface area contributed by atoms with Crippen molar-refractivity contribution in [3.63, 3.8) is 0 Å². The number of carbonyl (C=O) groups is 2. The van der Waals surface area contributed by atoms with E-state index in [2.05, 4.69) is 12.2 Å². The predicted molar refractivity (Wildman–Crippen MR) is 80.5 cm³/mol. The molecule has 1 atom stereocenters. The number of esters is 1. The summed E-state index contributed by atoms with van der Waals surface area (Å²) in [5, 5.41) is 3.96. The van der Waals surface area contributed by atoms with E-state index >= 15 is 0 Å². The summed E-state index contributed by atoms with van der Waals surface area (Å²) in [7, 11) is 0. The number of carbonyl (C=O) groups excluding carboxylic acids is 2. The predicted octanol–water partition coefficient (Wildman–Crippen LogP) is 2.92. The van der Waals surface area contributed by atoms with Crippen molar-refractivity contribution in [2.24, 2.45) is 5.92 Å². The Bertz CT molecular complexity index is 535. The summed E-state index contributed by atoms with van der Waals surface area (Å²) < 4.78 is 5.04. The van der Waals surface area contributed by atoms with Crippen LogP contribution in [0.5, 0.6) is 0 Å². The summed E-state index contributed by atoms with van der Waals surface area (Å²) in [5.74, 6) is 0.0265. The molecule has 1 aliphatic rings. The van der Waals surface area contributed by atoms with Gasteiger partial charge in [0.2, 0.25) is 0 Å². The second kappa shape index (κ2) is 5.83. The van der Waals surface area contributed by atoms with E-state index in [1.54, 1.807) is 6.92 Å². The van der Waals surface area contributed by atoms with Crippen LogP contribution in [-0.2, 0) is 4.74 Å². The van der Waals surface area contributed by atoms with Crippen LogP contribution in [0.25, 0.3) is 0 Å². The Morgan fingerprint density at radius 3 is 2.65 bits per heavy atom. The molecule has 2 rings (SSSR count). The lowest BCUT2D eigenvalue weighted by Gasteiger charge is -2.14. The van der Waals surface area contributed by atoms with Crippen LogP contribution in [-0.4, -0.2) is 24.4 Å². The van der Waals surface area contributed by atoms with E-state index in [1.165, 1.54) is 31.1 Å². The number of hydrogen-bond donors (Lipinski definition) is 2. The number of nitrogens with one attached hydrogen (secondary N) is 1. The molecule has 6 heteroatoms. The van der Waals surface area contributed by atoms with Gasteiger partial charge in [-0.2, -0.15) is 0 Å². The minimum atomic E-state index is -0.473. The number of hydrogen-bond acceptors (Lipinski definition) is 6. The minimum absolute atomic E-state index is 0.134. The summed E-state index contributed by atoms with van der Waals surface area (Å²) >= 11 is 1.24. The van der Waals surface area contributed by atoms with Gasteiger partial charge < -0.3 is 15.8 Å². The van der Waals surface area contributed by atoms with Crippen molar-refractivity contribution in [3.05, 3.63) is 10.4 Å². The van der Waals surface area contributed by atoms with Crippen LogP contribution in [0.2, 0.25) is 0 Å². The molecule has 0 amide bonds. The average molecular weight is 296 g/mol. The van der Waals surface area contributed by atoms with Gasteiger partial charge in [-0.25, -0.2) is 4.79 Å². The third kappa shape index (κ3) is 2.95. The maximum absolute atomic E-state index is 12.0. The van der Waals surface area contributed by atoms with Crippen molar-refractivity contribution in [2.75, 3.05) is 17.7 Å². The van der Waals surface area contributed by atoms with Crippen molar-refractivity contribution in [3.8, 4) is 0 Å². The number of nitrogens with two attached hydrogens (primary N) is 1. The zero-order valence-electron chi connectivity index (χ0n) is 12.0. The van der Waals surface area contributed by atoms with Gasteiger partial charge in [0.25, 0.3) is 0 Å². The fourth-order valence-corrected chi connectivity index (χ4v) is 3.23. The lowest BCUT2D eigenvalue weighted by atomic mass is 10.2. The van der Waals surface area contributed by atoms with E-state index in [9.17, 15) is 9.59 Å². The van der Waals surface area contributed by atoms with Crippen LogP contribution < -0.4 is 11.1 Å². The van der Waals surface area contributed by atoms with Gasteiger partial charge in [-0.15, -0.1) is 11.3 Å². The zero-order chi connectivity index (χ0) is 14.9. The van der Waals surface area contributed by atoms with Crippen molar-refractivity contribution >= 4 is 33.8 Å². The Morgan fingerprint density at radius 1 is 1.50 bits per heavy atom. The van der Waals surface area contributed by atoms with Crippen LogP contribution in [0.15, 0.2) is 0 Å². The maximum atomic E-state index is 12.0. The smallest absolute Gasteiger partial charge is 0.343 e. The van der Waals surface area contributed by atoms with Gasteiger partial charge >= 0.3 is 5.97 Å². The molecule has 0 radical (unpaired) electrons. The number of ketones is 1. The van der Waals surface area contributed by atoms with Gasteiger partial charge in [0, 0.05) is 13.0 Å². The second-order valence-corrected chi connectivity index (χ2v) is 6.12. The fourth-order valence-electron chi connectivity index (χ4n) is 2.13. The summed E-state index contributed by atoms with van der Waals surface area (Å²) in [6.07, 6.45) is 2.40. The molecule has 3 N–H and O–H groups in total. The average Bonchev–Trinajstić information content (AvgIpc) is 3.15. The molecule has 1 aromatic heterocycles. The van der Waals surface area contributed by atoms with Gasteiger partial charge in [-0.3, -0.25) is 4.79 Å². The Labute approximate surface area is 122 Å². The summed E-state index contributed by atoms with van der Waals surface area (Å²) in [6.45, 7) is 5.55. The summed E-state index contributed by atoms with van der Waals surface area (Å²) in [5.41, 5.74) is 6.48. The monoisotopic (exact) mass is 296 g/mol. The van der Waals surface area contributed by atoms with E-state index in [0.29, 0.717) is 21.4 Å². The van der Waals surface area contributed by atoms with Gasteiger partial charge in [-0.05, 0) is 32.6 Å². The molecule has 1 heterocycles. The van der Waals surface area contributed by atoms with Crippen molar-refractivity contribution in [1.29, 1.82) is 0 Å². The van der Waals surface area contributed by atoms with Crippen LogP contribution in [0, 0.1) is 5.92 Å². The van der Waals surface area contributed by atoms with Crippen molar-refractivity contribution in [1.82, 2.24) is 0 Å². The first-order valence-corrected chi connectivity index (χ1v) is 7.64. The molecule has 1 fully saturated rings. The van der Waals surface area contributed by atoms with Gasteiger partial charge in [0.1, 0.15) is 10.6 Å². The fraction of sp³-hybridized carbons (Fsp3) is 0.571. The van der Waals surface area contributed by atoms with E-state index in [-0.39, 0.29) is 24.1 Å². The molecule has 5 nitrogen and oxygen atoms in total. The van der Waals surface area contributed by atoms with E-state index in [4.69, 9.17) is 10.5 Å². The standard InChI is InChI=1S/C14H20N2O3S/c1-4-19-14(18)10-11(15)12(8(3)17)20-13(10)16-7(2)9-5-6-9/h7,9,16H,4-6,15H2,1-3H3. The lowest BCUT2D eigenvalue weighted by molar-refractivity contribution is 0.0529. The largest absolute Gasteiger partial charge is 0.462 e. The Balaban J connectivity index is 2.34. The third-order valence-electron chi connectivity index (χ3n) is 3.43. The van der Waals surface area contributed by atoms with E-state index < -0.39 is 5.97 Å². The van der Waals surface area contributed by atoms with Crippen LogP contribution >= 0.6 is 11.3 Å². The number of ether oxygens (including phenoxy) is 1. The Morgan fingerprint density at radius 2 is 2.15 bits per heavy atom. The second-order valence-electron chi connectivity index (χ2n) is 5.10. The number of thiophene rings is 1. The number of nitrogen functional groups attached to an aromatic ring is 1. The molecule has 1 aromatic rings. The van der Waals surface area contributed by atoms with Gasteiger partial charge in [-0.1, -0.05) is 0 Å². The molecule has 1 saturated carbocycles. The highest BCUT2D eigenvalue weighted by atomic mass is 32.1. The van der Waals surface area contributed by atoms with Gasteiger partial charge in [0.15, 0.2) is 5.78 Å². The Hall–Kier alpha value is -1.56. The van der Waals surface area contributed by atoms with E-state index in [0.717, 1.165) is 0 Å². The van der Waals surface area contributed by atoms with Crippen LogP contribution in [0.3, 0.4) is 0 Å². The summed E-state index contributed by atoms with van der Waals surface area (Å²) in [6, 6.07) is 0.265. The maximum Gasteiger partial charge on any atom is 0.343 e. The highest BCUT2D eigenvalue weighted by Gasteiger charge is 2.31. The molecular weight excluding hydrogens is 276 g/mol. The number of Topliss-reactive ketones (excluding diaryl/α,β-unsaturated/α-hetero) is 1.